The number of anilines is 1. The van der Waals surface area contributed by atoms with Crippen LogP contribution in [0.5, 0.6) is 0 Å². The van der Waals surface area contributed by atoms with Crippen LogP contribution in [0.4, 0.5) is 18.9 Å². The fourth-order valence-corrected chi connectivity index (χ4v) is 2.39. The van der Waals surface area contributed by atoms with Gasteiger partial charge in [0.05, 0.1) is 12.2 Å². The Morgan fingerprint density at radius 3 is 2.30 bits per heavy atom. The zero-order chi connectivity index (χ0) is 15.0. The molecule has 0 radical (unpaired) electrons. The molecular formula is C13H14F3NO3. The predicted molar refractivity (Wildman–Crippen MR) is 65.5 cm³/mol. The number of carboxylic acid groups (broad SMARTS) is 1. The second kappa shape index (κ2) is 5.32. The molecule has 1 aliphatic rings. The van der Waals surface area contributed by atoms with E-state index >= 15 is 0 Å². The van der Waals surface area contributed by atoms with Gasteiger partial charge in [-0.2, -0.15) is 0 Å². The molecule has 0 aliphatic carbocycles. The van der Waals surface area contributed by atoms with Gasteiger partial charge >= 0.3 is 5.97 Å². The van der Waals surface area contributed by atoms with Crippen LogP contribution in [-0.2, 0) is 4.74 Å². The van der Waals surface area contributed by atoms with Crippen LogP contribution in [-0.4, -0.2) is 36.4 Å². The number of morpholine rings is 1. The molecule has 7 heteroatoms. The van der Waals surface area contributed by atoms with Crippen LogP contribution in [0.1, 0.15) is 24.2 Å². The van der Waals surface area contributed by atoms with Crippen molar-refractivity contribution < 1.29 is 27.8 Å². The van der Waals surface area contributed by atoms with Gasteiger partial charge in [-0.3, -0.25) is 0 Å². The normalized spacial score (nSPS) is 22.9. The van der Waals surface area contributed by atoms with Gasteiger partial charge in [-0.1, -0.05) is 0 Å². The van der Waals surface area contributed by atoms with Gasteiger partial charge < -0.3 is 14.7 Å². The first-order chi connectivity index (χ1) is 9.31. The largest absolute Gasteiger partial charge is 0.478 e. The van der Waals surface area contributed by atoms with Gasteiger partial charge in [0, 0.05) is 13.1 Å². The van der Waals surface area contributed by atoms with E-state index in [1.54, 1.807) is 13.8 Å². The number of hydrogen-bond donors (Lipinski definition) is 1. The molecule has 1 N–H and O–H groups in total. The molecule has 1 aromatic carbocycles. The highest BCUT2D eigenvalue weighted by Crippen LogP contribution is 2.30. The predicted octanol–water partition coefficient (Wildman–Crippen LogP) is 2.42. The lowest BCUT2D eigenvalue weighted by molar-refractivity contribution is -0.00563. The van der Waals surface area contributed by atoms with E-state index < -0.39 is 34.7 Å². The fraction of sp³-hybridized carbons (Fsp3) is 0.462. The Morgan fingerprint density at radius 2 is 1.80 bits per heavy atom. The highest BCUT2D eigenvalue weighted by Gasteiger charge is 2.30. The minimum absolute atomic E-state index is 0.198. The maximum Gasteiger partial charge on any atom is 0.338 e. The Hall–Kier alpha value is -1.76. The Labute approximate surface area is 113 Å². The lowest BCUT2D eigenvalue weighted by Gasteiger charge is -2.37. The fourth-order valence-electron chi connectivity index (χ4n) is 2.39. The van der Waals surface area contributed by atoms with Crippen LogP contribution in [0.25, 0.3) is 0 Å². The molecule has 110 valence electrons. The second-order valence-corrected chi connectivity index (χ2v) is 4.85. The zero-order valence-electron chi connectivity index (χ0n) is 11.0. The average molecular weight is 289 g/mol. The van der Waals surface area contributed by atoms with Gasteiger partial charge in [-0.25, -0.2) is 18.0 Å². The standard InChI is InChI=1S/C13H14F3NO3/c1-6-4-17(5-7(2)20-6)12-9(14)3-8(13(18)19)10(15)11(12)16/h3,6-7H,4-5H2,1-2H3,(H,18,19). The molecule has 2 unspecified atom stereocenters. The number of hydrogen-bond acceptors (Lipinski definition) is 3. The van der Waals surface area contributed by atoms with E-state index in [0.717, 1.165) is 0 Å². The number of rotatable bonds is 2. The van der Waals surface area contributed by atoms with Crippen molar-refractivity contribution in [3.8, 4) is 0 Å². The molecule has 4 nitrogen and oxygen atoms in total. The first kappa shape index (κ1) is 14.6. The van der Waals surface area contributed by atoms with Crippen molar-refractivity contribution >= 4 is 11.7 Å². The summed E-state index contributed by atoms with van der Waals surface area (Å²) < 4.78 is 47.0. The molecule has 0 saturated carbocycles. The SMILES string of the molecule is CC1CN(c2c(F)cc(C(=O)O)c(F)c2F)CC(C)O1. The van der Waals surface area contributed by atoms with Gasteiger partial charge in [-0.15, -0.1) is 0 Å². The summed E-state index contributed by atoms with van der Waals surface area (Å²) in [6.45, 7) is 3.87. The minimum atomic E-state index is -1.71. The van der Waals surface area contributed by atoms with Crippen LogP contribution in [0, 0.1) is 17.5 Å². The quantitative estimate of drug-likeness (QED) is 0.849. The van der Waals surface area contributed by atoms with Gasteiger partial charge in [-0.05, 0) is 19.9 Å². The van der Waals surface area contributed by atoms with E-state index in [2.05, 4.69) is 0 Å². The smallest absolute Gasteiger partial charge is 0.338 e. The minimum Gasteiger partial charge on any atom is -0.478 e. The summed E-state index contributed by atoms with van der Waals surface area (Å²) in [5.41, 5.74) is -1.56. The van der Waals surface area contributed by atoms with Crippen molar-refractivity contribution in [3.63, 3.8) is 0 Å². The molecule has 1 heterocycles. The lowest BCUT2D eigenvalue weighted by Crippen LogP contribution is -2.46. The van der Waals surface area contributed by atoms with Crippen molar-refractivity contribution in [2.24, 2.45) is 0 Å². The molecule has 1 saturated heterocycles. The third kappa shape index (κ3) is 2.58. The van der Waals surface area contributed by atoms with Crippen molar-refractivity contribution in [2.45, 2.75) is 26.1 Å². The number of aromatic carboxylic acids is 1. The van der Waals surface area contributed by atoms with Crippen molar-refractivity contribution in [1.82, 2.24) is 0 Å². The molecule has 1 aromatic rings. The van der Waals surface area contributed by atoms with Crippen LogP contribution in [0.15, 0.2) is 6.07 Å². The second-order valence-electron chi connectivity index (χ2n) is 4.85. The summed E-state index contributed by atoms with van der Waals surface area (Å²) in [5.74, 6) is -5.84. The molecule has 2 rings (SSSR count). The van der Waals surface area contributed by atoms with Gasteiger partial charge in [0.25, 0.3) is 0 Å². The number of halogens is 3. The number of carbonyl (C=O) groups is 1. The molecular weight excluding hydrogens is 275 g/mol. The Kier molecular flexibility index (Phi) is 3.89. The monoisotopic (exact) mass is 289 g/mol. The molecule has 1 fully saturated rings. The summed E-state index contributed by atoms with van der Waals surface area (Å²) >= 11 is 0. The first-order valence-corrected chi connectivity index (χ1v) is 6.12. The van der Waals surface area contributed by atoms with Gasteiger partial charge in [0.15, 0.2) is 17.5 Å². The van der Waals surface area contributed by atoms with E-state index in [9.17, 15) is 18.0 Å². The molecule has 0 spiro atoms. The molecule has 1 aliphatic heterocycles. The van der Waals surface area contributed by atoms with E-state index in [4.69, 9.17) is 9.84 Å². The summed E-state index contributed by atoms with van der Waals surface area (Å²) in [6, 6.07) is 0.501. The van der Waals surface area contributed by atoms with Gasteiger partial charge in [0.1, 0.15) is 11.3 Å². The van der Waals surface area contributed by atoms with E-state index in [0.29, 0.717) is 6.07 Å². The number of nitrogens with zero attached hydrogens (tertiary/aromatic N) is 1. The summed E-state index contributed by atoms with van der Waals surface area (Å²) in [4.78, 5) is 12.0. The highest BCUT2D eigenvalue weighted by atomic mass is 19.2. The van der Waals surface area contributed by atoms with E-state index in [1.165, 1.54) is 4.90 Å². The lowest BCUT2D eigenvalue weighted by atomic mass is 10.1. The summed E-state index contributed by atoms with van der Waals surface area (Å²) in [6.07, 6.45) is -0.528. The number of ether oxygens (including phenoxy) is 1. The molecule has 0 aromatic heterocycles. The van der Waals surface area contributed by atoms with Crippen LogP contribution < -0.4 is 4.90 Å². The zero-order valence-corrected chi connectivity index (χ0v) is 11.0. The Bertz CT molecular complexity index is 540. The first-order valence-electron chi connectivity index (χ1n) is 6.12. The number of carboxylic acids is 1. The van der Waals surface area contributed by atoms with Gasteiger partial charge in [0.2, 0.25) is 0 Å². The molecule has 20 heavy (non-hydrogen) atoms. The van der Waals surface area contributed by atoms with Crippen LogP contribution >= 0.6 is 0 Å². The van der Waals surface area contributed by atoms with Crippen molar-refractivity contribution in [2.75, 3.05) is 18.0 Å². The Balaban J connectivity index is 2.47. The Morgan fingerprint density at radius 1 is 1.25 bits per heavy atom. The maximum atomic E-state index is 14.0. The summed E-state index contributed by atoms with van der Waals surface area (Å²) in [7, 11) is 0. The van der Waals surface area contributed by atoms with E-state index in [-0.39, 0.29) is 25.3 Å². The number of benzene rings is 1. The average Bonchev–Trinajstić information content (AvgIpc) is 2.32. The summed E-state index contributed by atoms with van der Waals surface area (Å²) in [5, 5.41) is 8.69. The molecule has 0 bridgehead atoms. The molecule has 0 amide bonds. The van der Waals surface area contributed by atoms with E-state index in [1.807, 2.05) is 0 Å². The molecule has 2 atom stereocenters. The third-order valence-corrected chi connectivity index (χ3v) is 3.10. The van der Waals surface area contributed by atoms with Crippen molar-refractivity contribution in [1.29, 1.82) is 0 Å². The van der Waals surface area contributed by atoms with Crippen LogP contribution in [0.2, 0.25) is 0 Å². The topological polar surface area (TPSA) is 49.8 Å². The van der Waals surface area contributed by atoms with Crippen molar-refractivity contribution in [3.05, 3.63) is 29.1 Å². The van der Waals surface area contributed by atoms with Crippen LogP contribution in [0.3, 0.4) is 0 Å². The maximum absolute atomic E-state index is 14.0. The highest BCUT2D eigenvalue weighted by molar-refractivity contribution is 5.88. The third-order valence-electron chi connectivity index (χ3n) is 3.10.